The van der Waals surface area contributed by atoms with Gasteiger partial charge in [0, 0.05) is 23.7 Å². The van der Waals surface area contributed by atoms with Gasteiger partial charge in [-0.25, -0.2) is 9.18 Å². The average molecular weight is 364 g/mol. The van der Waals surface area contributed by atoms with Crippen LogP contribution in [0.2, 0.25) is 5.02 Å². The van der Waals surface area contributed by atoms with Gasteiger partial charge in [0.25, 0.3) is 5.91 Å². The van der Waals surface area contributed by atoms with Gasteiger partial charge in [-0.2, -0.15) is 0 Å². The summed E-state index contributed by atoms with van der Waals surface area (Å²) in [6.07, 6.45) is 0. The van der Waals surface area contributed by atoms with Crippen molar-refractivity contribution in [3.05, 3.63) is 70.5 Å². The molecule has 1 atom stereocenters. The van der Waals surface area contributed by atoms with Crippen molar-refractivity contribution in [3.8, 4) is 0 Å². The van der Waals surface area contributed by atoms with E-state index >= 15 is 0 Å². The van der Waals surface area contributed by atoms with Crippen LogP contribution in [0.1, 0.15) is 28.9 Å². The third-order valence-corrected chi connectivity index (χ3v) is 3.87. The summed E-state index contributed by atoms with van der Waals surface area (Å²) in [7, 11) is 0. The van der Waals surface area contributed by atoms with Crippen LogP contribution in [0.15, 0.2) is 48.5 Å². The Bertz CT molecular complexity index is 737. The predicted molar refractivity (Wildman–Crippen MR) is 95.1 cm³/mol. The van der Waals surface area contributed by atoms with Crippen molar-refractivity contribution in [2.75, 3.05) is 13.1 Å². The first-order valence-corrected chi connectivity index (χ1v) is 8.17. The molecule has 0 aromatic heterocycles. The van der Waals surface area contributed by atoms with Crippen molar-refractivity contribution >= 4 is 23.5 Å². The fourth-order valence-corrected chi connectivity index (χ4v) is 2.51. The number of hydrogen-bond acceptors (Lipinski definition) is 2. The highest BCUT2D eigenvalue weighted by Gasteiger charge is 2.11. The number of carbonyl (C=O) groups is 2. The van der Waals surface area contributed by atoms with E-state index < -0.39 is 5.82 Å². The number of urea groups is 1. The van der Waals surface area contributed by atoms with Crippen LogP contribution in [0.5, 0.6) is 0 Å². The van der Waals surface area contributed by atoms with Crippen LogP contribution in [0, 0.1) is 5.82 Å². The maximum atomic E-state index is 12.8. The Morgan fingerprint density at radius 2 is 1.68 bits per heavy atom. The van der Waals surface area contributed by atoms with Gasteiger partial charge in [0.05, 0.1) is 6.04 Å². The zero-order chi connectivity index (χ0) is 18.2. The molecule has 1 unspecified atom stereocenters. The molecule has 2 aromatic rings. The van der Waals surface area contributed by atoms with E-state index in [-0.39, 0.29) is 31.1 Å². The van der Waals surface area contributed by atoms with Gasteiger partial charge in [0.15, 0.2) is 0 Å². The molecule has 0 saturated carbocycles. The van der Waals surface area contributed by atoms with Crippen LogP contribution in [0.25, 0.3) is 0 Å². The summed E-state index contributed by atoms with van der Waals surface area (Å²) in [6, 6.07) is 11.9. The van der Waals surface area contributed by atoms with Gasteiger partial charge in [-0.15, -0.1) is 0 Å². The number of benzene rings is 2. The van der Waals surface area contributed by atoms with Crippen molar-refractivity contribution in [2.24, 2.45) is 0 Å². The zero-order valence-corrected chi connectivity index (χ0v) is 14.4. The lowest BCUT2D eigenvalue weighted by Crippen LogP contribution is -2.41. The molecular formula is C18H19ClFN3O2. The van der Waals surface area contributed by atoms with E-state index in [0.29, 0.717) is 10.6 Å². The number of nitrogens with one attached hydrogen (secondary N) is 3. The molecule has 3 amide bonds. The minimum absolute atomic E-state index is 0.248. The molecule has 132 valence electrons. The molecule has 0 saturated heterocycles. The highest BCUT2D eigenvalue weighted by molar-refractivity contribution is 6.31. The van der Waals surface area contributed by atoms with Gasteiger partial charge in [-0.05, 0) is 42.8 Å². The van der Waals surface area contributed by atoms with Crippen molar-refractivity contribution in [1.29, 1.82) is 0 Å². The van der Waals surface area contributed by atoms with Gasteiger partial charge in [-0.1, -0.05) is 29.8 Å². The molecule has 3 N–H and O–H groups in total. The number of halogens is 2. The Labute approximate surface area is 150 Å². The number of hydrogen-bond donors (Lipinski definition) is 3. The van der Waals surface area contributed by atoms with Gasteiger partial charge in [0.2, 0.25) is 0 Å². The fraction of sp³-hybridized carbons (Fsp3) is 0.222. The zero-order valence-electron chi connectivity index (χ0n) is 13.7. The lowest BCUT2D eigenvalue weighted by atomic mass is 10.1. The summed E-state index contributed by atoms with van der Waals surface area (Å²) in [5.74, 6) is -0.728. The highest BCUT2D eigenvalue weighted by atomic mass is 35.5. The molecule has 0 bridgehead atoms. The third kappa shape index (κ3) is 5.76. The molecule has 0 aliphatic carbocycles. The summed E-state index contributed by atoms with van der Waals surface area (Å²) in [5, 5.41) is 8.65. The lowest BCUT2D eigenvalue weighted by Gasteiger charge is -2.16. The molecule has 25 heavy (non-hydrogen) atoms. The summed E-state index contributed by atoms with van der Waals surface area (Å²) >= 11 is 6.09. The average Bonchev–Trinajstić information content (AvgIpc) is 2.59. The first-order chi connectivity index (χ1) is 12.0. The first-order valence-electron chi connectivity index (χ1n) is 7.80. The number of carbonyl (C=O) groups excluding carboxylic acids is 2. The largest absolute Gasteiger partial charge is 0.350 e. The second-order valence-electron chi connectivity index (χ2n) is 5.41. The van der Waals surface area contributed by atoms with E-state index in [9.17, 15) is 14.0 Å². The minimum Gasteiger partial charge on any atom is -0.350 e. The number of rotatable bonds is 6. The molecule has 2 rings (SSSR count). The molecular weight excluding hydrogens is 345 g/mol. The van der Waals surface area contributed by atoms with E-state index in [0.717, 1.165) is 5.56 Å². The normalized spacial score (nSPS) is 11.5. The first kappa shape index (κ1) is 18.7. The van der Waals surface area contributed by atoms with Crippen LogP contribution in [0.4, 0.5) is 9.18 Å². The molecule has 0 heterocycles. The van der Waals surface area contributed by atoms with Gasteiger partial charge < -0.3 is 16.0 Å². The summed E-state index contributed by atoms with van der Waals surface area (Å²) in [5.41, 5.74) is 1.18. The SMILES string of the molecule is CC(NC(=O)NCCNC(=O)c1ccc(F)cc1)c1ccccc1Cl. The molecule has 5 nitrogen and oxygen atoms in total. The van der Waals surface area contributed by atoms with Crippen molar-refractivity contribution < 1.29 is 14.0 Å². The maximum Gasteiger partial charge on any atom is 0.315 e. The van der Waals surface area contributed by atoms with Crippen LogP contribution < -0.4 is 16.0 Å². The smallest absolute Gasteiger partial charge is 0.315 e. The molecule has 7 heteroatoms. The molecule has 0 aliphatic rings. The summed E-state index contributed by atoms with van der Waals surface area (Å²) < 4.78 is 12.8. The Hall–Kier alpha value is -2.60. The second-order valence-corrected chi connectivity index (χ2v) is 5.81. The maximum absolute atomic E-state index is 12.8. The molecule has 0 aliphatic heterocycles. The van der Waals surface area contributed by atoms with Crippen LogP contribution in [0.3, 0.4) is 0 Å². The minimum atomic E-state index is -0.400. The van der Waals surface area contributed by atoms with Crippen LogP contribution in [-0.2, 0) is 0 Å². The van der Waals surface area contributed by atoms with E-state index in [1.165, 1.54) is 24.3 Å². The lowest BCUT2D eigenvalue weighted by molar-refractivity contribution is 0.0953. The van der Waals surface area contributed by atoms with Crippen molar-refractivity contribution in [3.63, 3.8) is 0 Å². The van der Waals surface area contributed by atoms with Crippen LogP contribution in [-0.4, -0.2) is 25.0 Å². The standard InChI is InChI=1S/C18H19ClFN3O2/c1-12(15-4-2-3-5-16(15)19)23-18(25)22-11-10-21-17(24)13-6-8-14(20)9-7-13/h2-9,12H,10-11H2,1H3,(H,21,24)(H2,22,23,25). The van der Waals surface area contributed by atoms with Crippen molar-refractivity contribution in [1.82, 2.24) is 16.0 Å². The second kappa shape index (κ2) is 9.03. The molecule has 2 aromatic carbocycles. The van der Waals surface area contributed by atoms with E-state index in [1.54, 1.807) is 6.07 Å². The van der Waals surface area contributed by atoms with Crippen molar-refractivity contribution in [2.45, 2.75) is 13.0 Å². The Morgan fingerprint density at radius 3 is 2.36 bits per heavy atom. The van der Waals surface area contributed by atoms with E-state index in [2.05, 4.69) is 16.0 Å². The monoisotopic (exact) mass is 363 g/mol. The Balaban J connectivity index is 1.71. The predicted octanol–water partition coefficient (Wildman–Crippen LogP) is 3.27. The third-order valence-electron chi connectivity index (χ3n) is 3.52. The van der Waals surface area contributed by atoms with Crippen LogP contribution >= 0.6 is 11.6 Å². The van der Waals surface area contributed by atoms with Gasteiger partial charge in [0.1, 0.15) is 5.82 Å². The quantitative estimate of drug-likeness (QED) is 0.689. The number of amides is 3. The molecule has 0 fully saturated rings. The van der Waals surface area contributed by atoms with E-state index in [4.69, 9.17) is 11.6 Å². The summed E-state index contributed by atoms with van der Waals surface area (Å²) in [6.45, 7) is 2.34. The van der Waals surface area contributed by atoms with E-state index in [1.807, 2.05) is 25.1 Å². The molecule has 0 spiro atoms. The summed E-state index contributed by atoms with van der Waals surface area (Å²) in [4.78, 5) is 23.7. The highest BCUT2D eigenvalue weighted by Crippen LogP contribution is 2.21. The fourth-order valence-electron chi connectivity index (χ4n) is 2.21. The molecule has 0 radical (unpaired) electrons. The Kier molecular flexibility index (Phi) is 6.77. The topological polar surface area (TPSA) is 70.2 Å². The Morgan fingerprint density at radius 1 is 1.04 bits per heavy atom. The van der Waals surface area contributed by atoms with Gasteiger partial charge >= 0.3 is 6.03 Å². The van der Waals surface area contributed by atoms with Gasteiger partial charge in [-0.3, -0.25) is 4.79 Å².